The molecule has 2 unspecified atom stereocenters. The third kappa shape index (κ3) is 1.72. The van der Waals surface area contributed by atoms with Crippen LogP contribution in [0, 0.1) is 11.3 Å². The van der Waals surface area contributed by atoms with E-state index in [-0.39, 0.29) is 5.54 Å². The Hall–Kier alpha value is -0.730. The molecule has 3 nitrogen and oxygen atoms in total. The summed E-state index contributed by atoms with van der Waals surface area (Å²) >= 11 is 0. The number of likely N-dealkylation sites (N-methyl/N-ethyl adjacent to an activating group) is 1. The highest BCUT2D eigenvalue weighted by atomic mass is 15.3. The van der Waals surface area contributed by atoms with E-state index in [0.717, 1.165) is 18.4 Å². The zero-order valence-electron chi connectivity index (χ0n) is 10.4. The number of nitrogens with zero attached hydrogens (tertiary/aromatic N) is 2. The maximum atomic E-state index is 5.89. The molecule has 15 heavy (non-hydrogen) atoms. The molecule has 1 heterocycles. The first-order valence-electron chi connectivity index (χ1n) is 5.88. The molecule has 1 spiro atoms. The molecule has 2 rings (SSSR count). The summed E-state index contributed by atoms with van der Waals surface area (Å²) < 4.78 is 0. The predicted octanol–water partition coefficient (Wildman–Crippen LogP) is 1.83. The Bertz CT molecular complexity index is 295. The highest BCUT2D eigenvalue weighted by molar-refractivity contribution is 5.80. The van der Waals surface area contributed by atoms with Crippen molar-refractivity contribution in [1.29, 1.82) is 0 Å². The van der Waals surface area contributed by atoms with E-state index in [2.05, 4.69) is 37.7 Å². The van der Waals surface area contributed by atoms with Gasteiger partial charge in [0.05, 0.1) is 12.1 Å². The molecular formula is C12H23N3. The van der Waals surface area contributed by atoms with Gasteiger partial charge in [0, 0.05) is 7.05 Å². The van der Waals surface area contributed by atoms with E-state index >= 15 is 0 Å². The molecule has 2 atom stereocenters. The van der Waals surface area contributed by atoms with Crippen LogP contribution in [0.2, 0.25) is 0 Å². The fraction of sp³-hybridized carbons (Fsp3) is 0.917. The molecule has 1 aliphatic heterocycles. The van der Waals surface area contributed by atoms with E-state index in [1.807, 2.05) is 0 Å². The summed E-state index contributed by atoms with van der Waals surface area (Å²) in [5.41, 5.74) is 6.53. The second-order valence-electron chi connectivity index (χ2n) is 6.31. The lowest BCUT2D eigenvalue weighted by Crippen LogP contribution is -2.55. The van der Waals surface area contributed by atoms with E-state index in [9.17, 15) is 0 Å². The van der Waals surface area contributed by atoms with Crippen molar-refractivity contribution in [3.05, 3.63) is 0 Å². The van der Waals surface area contributed by atoms with Crippen LogP contribution < -0.4 is 5.73 Å². The molecule has 3 heteroatoms. The van der Waals surface area contributed by atoms with E-state index in [1.54, 1.807) is 0 Å². The van der Waals surface area contributed by atoms with Gasteiger partial charge in [-0.3, -0.25) is 4.99 Å². The Morgan fingerprint density at radius 2 is 2.07 bits per heavy atom. The zero-order valence-corrected chi connectivity index (χ0v) is 10.4. The van der Waals surface area contributed by atoms with Gasteiger partial charge in [-0.05, 0) is 30.6 Å². The van der Waals surface area contributed by atoms with Crippen LogP contribution in [-0.2, 0) is 0 Å². The number of rotatable bonds is 0. The summed E-state index contributed by atoms with van der Waals surface area (Å²) in [5, 5.41) is 0. The second-order valence-corrected chi connectivity index (χ2v) is 6.31. The van der Waals surface area contributed by atoms with Crippen LogP contribution in [0.5, 0.6) is 0 Å². The quantitative estimate of drug-likeness (QED) is 0.661. The fourth-order valence-corrected chi connectivity index (χ4v) is 3.76. The minimum Gasteiger partial charge on any atom is -0.370 e. The maximum absolute atomic E-state index is 5.89. The lowest BCUT2D eigenvalue weighted by atomic mass is 9.64. The molecule has 1 saturated carbocycles. The summed E-state index contributed by atoms with van der Waals surface area (Å²) in [6.45, 7) is 7.98. The van der Waals surface area contributed by atoms with Gasteiger partial charge < -0.3 is 10.6 Å². The third-order valence-corrected chi connectivity index (χ3v) is 4.03. The highest BCUT2D eigenvalue weighted by Gasteiger charge is 2.48. The minimum absolute atomic E-state index is 0.214. The Balaban J connectivity index is 2.23. The second kappa shape index (κ2) is 3.13. The van der Waals surface area contributed by atoms with Gasteiger partial charge in [0.1, 0.15) is 0 Å². The van der Waals surface area contributed by atoms with E-state index in [4.69, 9.17) is 5.73 Å². The van der Waals surface area contributed by atoms with E-state index in [0.29, 0.717) is 5.41 Å². The van der Waals surface area contributed by atoms with Crippen LogP contribution in [0.1, 0.15) is 40.0 Å². The average Bonchev–Trinajstić information content (AvgIpc) is 2.30. The summed E-state index contributed by atoms with van der Waals surface area (Å²) in [7, 11) is 2.10. The van der Waals surface area contributed by atoms with Crippen molar-refractivity contribution in [2.24, 2.45) is 22.1 Å². The molecule has 0 bridgehead atoms. The van der Waals surface area contributed by atoms with Gasteiger partial charge in [-0.2, -0.15) is 0 Å². The van der Waals surface area contributed by atoms with Gasteiger partial charge in [-0.15, -0.1) is 0 Å². The summed E-state index contributed by atoms with van der Waals surface area (Å²) in [6.07, 6.45) is 3.77. The van der Waals surface area contributed by atoms with Gasteiger partial charge in [0.2, 0.25) is 0 Å². The van der Waals surface area contributed by atoms with Crippen LogP contribution in [0.3, 0.4) is 0 Å². The smallest absolute Gasteiger partial charge is 0.191 e. The molecule has 0 amide bonds. The first kappa shape index (κ1) is 10.8. The molecule has 2 aliphatic rings. The monoisotopic (exact) mass is 209 g/mol. The Morgan fingerprint density at radius 3 is 2.53 bits per heavy atom. The van der Waals surface area contributed by atoms with Crippen molar-refractivity contribution in [3.63, 3.8) is 0 Å². The molecule has 0 aromatic heterocycles. The summed E-state index contributed by atoms with van der Waals surface area (Å²) in [5.74, 6) is 1.50. The van der Waals surface area contributed by atoms with Gasteiger partial charge in [0.25, 0.3) is 0 Å². The molecule has 0 saturated heterocycles. The topological polar surface area (TPSA) is 41.6 Å². The van der Waals surface area contributed by atoms with Crippen molar-refractivity contribution < 1.29 is 0 Å². The minimum atomic E-state index is 0.214. The van der Waals surface area contributed by atoms with Crippen LogP contribution >= 0.6 is 0 Å². The molecule has 2 N–H and O–H groups in total. The molecule has 1 fully saturated rings. The van der Waals surface area contributed by atoms with Gasteiger partial charge in [-0.25, -0.2) is 0 Å². The first-order valence-corrected chi connectivity index (χ1v) is 5.88. The van der Waals surface area contributed by atoms with Crippen LogP contribution in [0.15, 0.2) is 4.99 Å². The number of aliphatic imine (C=N–C) groups is 1. The predicted molar refractivity (Wildman–Crippen MR) is 63.8 cm³/mol. The molecule has 0 aromatic rings. The van der Waals surface area contributed by atoms with Crippen molar-refractivity contribution in [2.45, 2.75) is 45.6 Å². The van der Waals surface area contributed by atoms with Gasteiger partial charge >= 0.3 is 0 Å². The molecule has 86 valence electrons. The third-order valence-electron chi connectivity index (χ3n) is 4.03. The van der Waals surface area contributed by atoms with Crippen molar-refractivity contribution in [3.8, 4) is 0 Å². The summed E-state index contributed by atoms with van der Waals surface area (Å²) in [4.78, 5) is 6.63. The average molecular weight is 209 g/mol. The van der Waals surface area contributed by atoms with Crippen LogP contribution in [0.25, 0.3) is 0 Å². The SMILES string of the molecule is CC1CC(C)(C)CC2(CN=C(N)N2C)C1. The normalized spacial score (nSPS) is 39.6. The van der Waals surface area contributed by atoms with Crippen molar-refractivity contribution in [1.82, 2.24) is 4.90 Å². The van der Waals surface area contributed by atoms with Gasteiger partial charge in [-0.1, -0.05) is 20.8 Å². The zero-order chi connectivity index (χ0) is 11.3. The van der Waals surface area contributed by atoms with E-state index < -0.39 is 0 Å². The number of hydrogen-bond donors (Lipinski definition) is 1. The lowest BCUT2D eigenvalue weighted by Gasteiger charge is -2.49. The number of nitrogens with two attached hydrogens (primary N) is 1. The molecular weight excluding hydrogens is 186 g/mol. The first-order chi connectivity index (χ1) is 6.85. The standard InChI is InChI=1S/C12H23N3/c1-9-5-11(2,3)7-12(6-9)8-14-10(13)15(12)4/h9H,5-8H2,1-4H3,(H2,13,14). The van der Waals surface area contributed by atoms with Crippen LogP contribution in [-0.4, -0.2) is 30.0 Å². The number of guanidine groups is 1. The Morgan fingerprint density at radius 1 is 1.40 bits per heavy atom. The Kier molecular flexibility index (Phi) is 2.25. The molecule has 0 aromatic carbocycles. The van der Waals surface area contributed by atoms with E-state index in [1.165, 1.54) is 19.3 Å². The van der Waals surface area contributed by atoms with Crippen molar-refractivity contribution >= 4 is 5.96 Å². The molecule has 0 radical (unpaired) electrons. The largest absolute Gasteiger partial charge is 0.370 e. The van der Waals surface area contributed by atoms with Crippen LogP contribution in [0.4, 0.5) is 0 Å². The number of hydrogen-bond acceptors (Lipinski definition) is 3. The maximum Gasteiger partial charge on any atom is 0.191 e. The van der Waals surface area contributed by atoms with Gasteiger partial charge in [0.15, 0.2) is 5.96 Å². The lowest BCUT2D eigenvalue weighted by molar-refractivity contribution is 0.0494. The fourth-order valence-electron chi connectivity index (χ4n) is 3.76. The van der Waals surface area contributed by atoms with Crippen molar-refractivity contribution in [2.75, 3.05) is 13.6 Å². The molecule has 1 aliphatic carbocycles. The highest BCUT2D eigenvalue weighted by Crippen LogP contribution is 2.47. The Labute approximate surface area is 92.7 Å². The summed E-state index contributed by atoms with van der Waals surface area (Å²) in [6, 6.07) is 0.